The summed E-state index contributed by atoms with van der Waals surface area (Å²) in [5, 5.41) is 2.71. The van der Waals surface area contributed by atoms with E-state index in [9.17, 15) is 13.2 Å². The van der Waals surface area contributed by atoms with E-state index in [1.807, 2.05) is 0 Å². The number of rotatable bonds is 4. The lowest BCUT2D eigenvalue weighted by Gasteiger charge is -2.29. The molecule has 0 spiro atoms. The highest BCUT2D eigenvalue weighted by Gasteiger charge is 2.21. The molecule has 1 amide bonds. The van der Waals surface area contributed by atoms with Crippen LogP contribution in [-0.2, 0) is 14.8 Å². The lowest BCUT2D eigenvalue weighted by molar-refractivity contribution is -0.120. The van der Waals surface area contributed by atoms with Gasteiger partial charge in [0.2, 0.25) is 15.9 Å². The zero-order valence-corrected chi connectivity index (χ0v) is 12.0. The van der Waals surface area contributed by atoms with E-state index < -0.39 is 10.0 Å². The molecule has 0 atom stereocenters. The van der Waals surface area contributed by atoms with Crippen molar-refractivity contribution in [2.24, 2.45) is 0 Å². The van der Waals surface area contributed by atoms with E-state index in [4.69, 9.17) is 5.73 Å². The minimum atomic E-state index is -3.53. The van der Waals surface area contributed by atoms with Crippen LogP contribution in [0.3, 0.4) is 0 Å². The summed E-state index contributed by atoms with van der Waals surface area (Å²) in [7, 11) is -3.53. The molecular formula is C12H18N4O3S. The number of piperazine rings is 1. The van der Waals surface area contributed by atoms with Crippen molar-refractivity contribution in [2.75, 3.05) is 36.8 Å². The van der Waals surface area contributed by atoms with Gasteiger partial charge in [-0.2, -0.15) is 0 Å². The second-order valence-electron chi connectivity index (χ2n) is 4.49. The Kier molecular flexibility index (Phi) is 4.15. The lowest BCUT2D eigenvalue weighted by atomic mass is 10.2. The van der Waals surface area contributed by atoms with E-state index in [1.54, 1.807) is 17.9 Å². The molecule has 1 aromatic rings. The first kappa shape index (κ1) is 14.6. The van der Waals surface area contributed by atoms with Gasteiger partial charge in [-0.25, -0.2) is 13.1 Å². The van der Waals surface area contributed by atoms with Crippen molar-refractivity contribution < 1.29 is 13.2 Å². The van der Waals surface area contributed by atoms with Crippen LogP contribution in [0, 0.1) is 0 Å². The highest BCUT2D eigenvalue weighted by atomic mass is 32.2. The molecule has 2 rings (SSSR count). The Morgan fingerprint density at radius 1 is 1.45 bits per heavy atom. The van der Waals surface area contributed by atoms with Crippen LogP contribution in [0.2, 0.25) is 0 Å². The van der Waals surface area contributed by atoms with Crippen LogP contribution < -0.4 is 20.7 Å². The Morgan fingerprint density at radius 2 is 2.20 bits per heavy atom. The number of anilines is 2. The van der Waals surface area contributed by atoms with E-state index >= 15 is 0 Å². The van der Waals surface area contributed by atoms with Gasteiger partial charge in [0.15, 0.2) is 0 Å². The molecule has 0 aliphatic carbocycles. The predicted molar refractivity (Wildman–Crippen MR) is 76.9 cm³/mol. The SMILES string of the molecule is CCNS(=O)(=O)c1ccc(N)c(N2CCNC(=O)C2)c1. The second kappa shape index (κ2) is 5.68. The normalized spacial score (nSPS) is 16.1. The zero-order chi connectivity index (χ0) is 14.8. The average Bonchev–Trinajstić information content (AvgIpc) is 2.39. The summed E-state index contributed by atoms with van der Waals surface area (Å²) in [6, 6.07) is 4.51. The van der Waals surface area contributed by atoms with E-state index in [2.05, 4.69) is 10.0 Å². The molecule has 7 nitrogen and oxygen atoms in total. The van der Waals surface area contributed by atoms with Crippen molar-refractivity contribution >= 4 is 27.3 Å². The van der Waals surface area contributed by atoms with Crippen LogP contribution in [0.25, 0.3) is 0 Å². The maximum Gasteiger partial charge on any atom is 0.240 e. The molecule has 0 aromatic heterocycles. The van der Waals surface area contributed by atoms with Crippen LogP contribution in [-0.4, -0.2) is 40.5 Å². The van der Waals surface area contributed by atoms with Gasteiger partial charge >= 0.3 is 0 Å². The smallest absolute Gasteiger partial charge is 0.240 e. The third-order valence-electron chi connectivity index (χ3n) is 3.03. The average molecular weight is 298 g/mol. The molecule has 1 fully saturated rings. The molecule has 1 heterocycles. The summed E-state index contributed by atoms with van der Waals surface area (Å²) in [6.45, 7) is 3.32. The first-order valence-corrected chi connectivity index (χ1v) is 7.83. The number of carbonyl (C=O) groups is 1. The molecule has 1 aliphatic rings. The molecule has 1 aromatic carbocycles. The quantitative estimate of drug-likeness (QED) is 0.650. The van der Waals surface area contributed by atoms with Crippen molar-refractivity contribution in [3.63, 3.8) is 0 Å². The monoisotopic (exact) mass is 298 g/mol. The number of amides is 1. The highest BCUT2D eigenvalue weighted by molar-refractivity contribution is 7.89. The van der Waals surface area contributed by atoms with Crippen LogP contribution >= 0.6 is 0 Å². The minimum absolute atomic E-state index is 0.101. The van der Waals surface area contributed by atoms with Gasteiger partial charge in [0.25, 0.3) is 0 Å². The van der Waals surface area contributed by atoms with Crippen LogP contribution in [0.1, 0.15) is 6.92 Å². The van der Waals surface area contributed by atoms with E-state index in [-0.39, 0.29) is 17.3 Å². The standard InChI is InChI=1S/C12H18N4O3S/c1-2-15-20(18,19)9-3-4-10(13)11(7-9)16-6-5-14-12(17)8-16/h3-4,7,15H,2,5-6,8,13H2,1H3,(H,14,17). The summed E-state index contributed by atoms with van der Waals surface area (Å²) in [4.78, 5) is 13.3. The maximum atomic E-state index is 12.0. The fraction of sp³-hybridized carbons (Fsp3) is 0.417. The lowest BCUT2D eigenvalue weighted by Crippen LogP contribution is -2.48. The molecule has 0 bridgehead atoms. The van der Waals surface area contributed by atoms with Crippen molar-refractivity contribution in [3.05, 3.63) is 18.2 Å². The summed E-state index contributed by atoms with van der Waals surface area (Å²) >= 11 is 0. The molecule has 110 valence electrons. The summed E-state index contributed by atoms with van der Waals surface area (Å²) < 4.78 is 26.4. The Hall–Kier alpha value is -1.80. The summed E-state index contributed by atoms with van der Waals surface area (Å²) in [5.41, 5.74) is 6.92. The summed E-state index contributed by atoms with van der Waals surface area (Å²) in [6.07, 6.45) is 0. The Balaban J connectivity index is 2.36. The van der Waals surface area contributed by atoms with Gasteiger partial charge in [-0.3, -0.25) is 4.79 Å². The van der Waals surface area contributed by atoms with Gasteiger partial charge in [0.1, 0.15) is 0 Å². The van der Waals surface area contributed by atoms with Gasteiger partial charge in [-0.1, -0.05) is 6.92 Å². The Bertz CT molecular complexity index is 615. The van der Waals surface area contributed by atoms with Crippen molar-refractivity contribution in [2.45, 2.75) is 11.8 Å². The first-order valence-electron chi connectivity index (χ1n) is 6.35. The maximum absolute atomic E-state index is 12.0. The number of nitrogens with zero attached hydrogens (tertiary/aromatic N) is 1. The van der Waals surface area contributed by atoms with Gasteiger partial charge in [-0.05, 0) is 18.2 Å². The fourth-order valence-electron chi connectivity index (χ4n) is 2.08. The third-order valence-corrected chi connectivity index (χ3v) is 4.57. The zero-order valence-electron chi connectivity index (χ0n) is 11.2. The molecule has 8 heteroatoms. The molecular weight excluding hydrogens is 280 g/mol. The van der Waals surface area contributed by atoms with Gasteiger partial charge in [0, 0.05) is 19.6 Å². The Labute approximate surface area is 118 Å². The fourth-order valence-corrected chi connectivity index (χ4v) is 3.14. The number of benzene rings is 1. The third kappa shape index (κ3) is 3.02. The molecule has 0 saturated carbocycles. The van der Waals surface area contributed by atoms with Crippen LogP contribution in [0.15, 0.2) is 23.1 Å². The van der Waals surface area contributed by atoms with Gasteiger partial charge < -0.3 is 16.0 Å². The van der Waals surface area contributed by atoms with E-state index in [1.165, 1.54) is 12.1 Å². The van der Waals surface area contributed by atoms with Gasteiger partial charge in [-0.15, -0.1) is 0 Å². The number of hydrogen-bond donors (Lipinski definition) is 3. The number of nitrogen functional groups attached to an aromatic ring is 1. The topological polar surface area (TPSA) is 105 Å². The molecule has 0 unspecified atom stereocenters. The van der Waals surface area contributed by atoms with Crippen LogP contribution in [0.5, 0.6) is 0 Å². The second-order valence-corrected chi connectivity index (χ2v) is 6.26. The van der Waals surface area contributed by atoms with Gasteiger partial charge in [0.05, 0.1) is 22.8 Å². The van der Waals surface area contributed by atoms with Crippen molar-refractivity contribution in [3.8, 4) is 0 Å². The van der Waals surface area contributed by atoms with Crippen molar-refractivity contribution in [1.82, 2.24) is 10.0 Å². The largest absolute Gasteiger partial charge is 0.397 e. The molecule has 20 heavy (non-hydrogen) atoms. The van der Waals surface area contributed by atoms with Crippen molar-refractivity contribution in [1.29, 1.82) is 0 Å². The predicted octanol–water partition coefficient (Wildman–Crippen LogP) is -0.497. The number of sulfonamides is 1. The molecule has 1 aliphatic heterocycles. The van der Waals surface area contributed by atoms with Crippen LogP contribution in [0.4, 0.5) is 11.4 Å². The summed E-state index contributed by atoms with van der Waals surface area (Å²) in [5.74, 6) is -0.101. The highest BCUT2D eigenvalue weighted by Crippen LogP contribution is 2.27. The van der Waals surface area contributed by atoms with E-state index in [0.29, 0.717) is 31.0 Å². The molecule has 4 N–H and O–H groups in total. The van der Waals surface area contributed by atoms with E-state index in [0.717, 1.165) is 0 Å². The molecule has 1 saturated heterocycles. The number of carbonyl (C=O) groups excluding carboxylic acids is 1. The number of nitrogens with one attached hydrogen (secondary N) is 2. The number of nitrogens with two attached hydrogens (primary N) is 1. The minimum Gasteiger partial charge on any atom is -0.397 e. The molecule has 0 radical (unpaired) electrons. The Morgan fingerprint density at radius 3 is 2.85 bits per heavy atom. The first-order chi connectivity index (χ1) is 9.44. The number of hydrogen-bond acceptors (Lipinski definition) is 5.